The molecular weight excluding hydrogens is 479 g/mol. The molecule has 12 heteroatoms. The smallest absolute Gasteiger partial charge is 0.416 e. The SMILES string of the molecule is CC(=NNC(=O)C(=O)Nc1cc(C(F)(F)F)ccc1Cl)c1ccccc1OC(=O)c1ccco1. The molecule has 0 bridgehead atoms. The molecule has 1 aromatic heterocycles. The van der Waals surface area contributed by atoms with Gasteiger partial charge in [0.1, 0.15) is 5.75 Å². The van der Waals surface area contributed by atoms with E-state index in [0.29, 0.717) is 11.6 Å². The van der Waals surface area contributed by atoms with E-state index in [0.717, 1.165) is 12.1 Å². The highest BCUT2D eigenvalue weighted by Gasteiger charge is 2.31. The van der Waals surface area contributed by atoms with Crippen LogP contribution in [0.2, 0.25) is 5.02 Å². The summed E-state index contributed by atoms with van der Waals surface area (Å²) in [7, 11) is 0. The van der Waals surface area contributed by atoms with Gasteiger partial charge in [-0.15, -0.1) is 0 Å². The molecule has 0 aliphatic carbocycles. The van der Waals surface area contributed by atoms with Crippen molar-refractivity contribution in [2.45, 2.75) is 13.1 Å². The highest BCUT2D eigenvalue weighted by atomic mass is 35.5. The fourth-order valence-corrected chi connectivity index (χ4v) is 2.79. The van der Waals surface area contributed by atoms with Gasteiger partial charge >= 0.3 is 24.0 Å². The van der Waals surface area contributed by atoms with E-state index in [1.54, 1.807) is 18.2 Å². The molecule has 0 saturated carbocycles. The minimum atomic E-state index is -4.67. The van der Waals surface area contributed by atoms with Crippen LogP contribution in [0, 0.1) is 0 Å². The highest BCUT2D eigenvalue weighted by Crippen LogP contribution is 2.33. The zero-order valence-electron chi connectivity index (χ0n) is 17.3. The van der Waals surface area contributed by atoms with Crippen molar-refractivity contribution >= 4 is 40.8 Å². The third-order valence-electron chi connectivity index (χ3n) is 4.28. The Labute approximate surface area is 195 Å². The van der Waals surface area contributed by atoms with Crippen LogP contribution in [0.4, 0.5) is 18.9 Å². The maximum Gasteiger partial charge on any atom is 0.416 e. The summed E-state index contributed by atoms with van der Waals surface area (Å²) in [6, 6.07) is 11.5. The Morgan fingerprint density at radius 1 is 1.03 bits per heavy atom. The van der Waals surface area contributed by atoms with Crippen molar-refractivity contribution in [2.75, 3.05) is 5.32 Å². The van der Waals surface area contributed by atoms with Crippen LogP contribution in [0.3, 0.4) is 0 Å². The second kappa shape index (κ2) is 10.2. The van der Waals surface area contributed by atoms with Crippen molar-refractivity contribution in [1.29, 1.82) is 0 Å². The lowest BCUT2D eigenvalue weighted by Crippen LogP contribution is -2.33. The number of anilines is 1. The number of benzene rings is 2. The summed E-state index contributed by atoms with van der Waals surface area (Å²) in [5, 5.41) is 5.61. The molecule has 0 spiro atoms. The number of alkyl halides is 3. The standard InChI is InChI=1S/C22H15ClF3N3O5/c1-12(14-5-2-3-6-17(14)34-21(32)18-7-4-10-33-18)28-29-20(31)19(30)27-16-11-13(22(24,25)26)8-9-15(16)23/h2-11H,1H3,(H,27,30)(H,29,31). The number of nitrogens with one attached hydrogen (secondary N) is 2. The van der Waals surface area contributed by atoms with Crippen LogP contribution < -0.4 is 15.5 Å². The van der Waals surface area contributed by atoms with Crippen LogP contribution in [-0.2, 0) is 15.8 Å². The first-order valence-electron chi connectivity index (χ1n) is 9.43. The van der Waals surface area contributed by atoms with Gasteiger partial charge in [0.15, 0.2) is 0 Å². The summed E-state index contributed by atoms with van der Waals surface area (Å²) in [5.74, 6) is -3.23. The van der Waals surface area contributed by atoms with Gasteiger partial charge in [0.05, 0.1) is 28.2 Å². The first-order chi connectivity index (χ1) is 16.1. The van der Waals surface area contributed by atoms with E-state index in [1.165, 1.54) is 31.4 Å². The molecule has 0 atom stereocenters. The molecule has 0 fully saturated rings. The molecule has 3 aromatic rings. The molecule has 0 radical (unpaired) electrons. The summed E-state index contributed by atoms with van der Waals surface area (Å²) in [5.41, 5.74) is 1.03. The summed E-state index contributed by atoms with van der Waals surface area (Å²) >= 11 is 5.81. The Morgan fingerprint density at radius 2 is 1.76 bits per heavy atom. The number of para-hydroxylation sites is 1. The average Bonchev–Trinajstić information content (AvgIpc) is 3.33. The van der Waals surface area contributed by atoms with Crippen LogP contribution in [0.15, 0.2) is 70.4 Å². The summed E-state index contributed by atoms with van der Waals surface area (Å²) < 4.78 is 48.9. The van der Waals surface area contributed by atoms with Gasteiger partial charge in [-0.25, -0.2) is 10.2 Å². The summed E-state index contributed by atoms with van der Waals surface area (Å²) in [6.45, 7) is 1.47. The Bertz CT molecular complexity index is 1260. The van der Waals surface area contributed by atoms with E-state index in [9.17, 15) is 27.6 Å². The molecule has 2 N–H and O–H groups in total. The fraction of sp³-hybridized carbons (Fsp3) is 0.0909. The van der Waals surface area contributed by atoms with Crippen molar-refractivity contribution in [2.24, 2.45) is 5.10 Å². The number of hydrogen-bond acceptors (Lipinski definition) is 6. The van der Waals surface area contributed by atoms with Gasteiger partial charge in [0.25, 0.3) is 0 Å². The fourth-order valence-electron chi connectivity index (χ4n) is 2.62. The minimum absolute atomic E-state index is 0.0254. The number of rotatable bonds is 5. The quantitative estimate of drug-likeness (QED) is 0.177. The van der Waals surface area contributed by atoms with Gasteiger partial charge in [0, 0.05) is 5.56 Å². The molecule has 176 valence electrons. The van der Waals surface area contributed by atoms with E-state index in [-0.39, 0.29) is 22.2 Å². The highest BCUT2D eigenvalue weighted by molar-refractivity contribution is 6.41. The number of nitrogens with zero attached hydrogens (tertiary/aromatic N) is 1. The van der Waals surface area contributed by atoms with E-state index >= 15 is 0 Å². The van der Waals surface area contributed by atoms with Crippen molar-refractivity contribution in [3.63, 3.8) is 0 Å². The predicted octanol–water partition coefficient (Wildman–Crippen LogP) is 4.65. The van der Waals surface area contributed by atoms with Gasteiger partial charge in [-0.3, -0.25) is 9.59 Å². The third kappa shape index (κ3) is 6.01. The maximum atomic E-state index is 12.9. The molecule has 0 aliphatic heterocycles. The maximum absolute atomic E-state index is 12.9. The van der Waals surface area contributed by atoms with Gasteiger partial charge in [-0.05, 0) is 49.4 Å². The molecule has 2 aromatic carbocycles. The molecule has 2 amide bonds. The van der Waals surface area contributed by atoms with Crippen molar-refractivity contribution in [1.82, 2.24) is 5.43 Å². The second-order valence-corrected chi connectivity index (χ2v) is 7.05. The molecule has 0 saturated heterocycles. The number of amides is 2. The van der Waals surface area contributed by atoms with Gasteiger partial charge in [-0.2, -0.15) is 18.3 Å². The van der Waals surface area contributed by atoms with E-state index in [2.05, 4.69) is 5.10 Å². The molecule has 0 aliphatic rings. The number of hydrogen-bond donors (Lipinski definition) is 2. The monoisotopic (exact) mass is 493 g/mol. The molecular formula is C22H15ClF3N3O5. The van der Waals surface area contributed by atoms with E-state index < -0.39 is 35.2 Å². The summed E-state index contributed by atoms with van der Waals surface area (Å²) in [6.07, 6.45) is -3.36. The van der Waals surface area contributed by atoms with Gasteiger partial charge in [-0.1, -0.05) is 23.7 Å². The Balaban J connectivity index is 1.70. The van der Waals surface area contributed by atoms with Gasteiger partial charge < -0.3 is 14.5 Å². The second-order valence-electron chi connectivity index (χ2n) is 6.65. The molecule has 8 nitrogen and oxygen atoms in total. The van der Waals surface area contributed by atoms with Crippen LogP contribution in [0.1, 0.15) is 28.6 Å². The number of esters is 1. The Morgan fingerprint density at radius 3 is 2.44 bits per heavy atom. The molecule has 3 rings (SSSR count). The van der Waals surface area contributed by atoms with E-state index in [4.69, 9.17) is 20.8 Å². The zero-order chi connectivity index (χ0) is 24.9. The minimum Gasteiger partial charge on any atom is -0.457 e. The first-order valence-corrected chi connectivity index (χ1v) is 9.81. The zero-order valence-corrected chi connectivity index (χ0v) is 18.0. The predicted molar refractivity (Wildman–Crippen MR) is 116 cm³/mol. The number of ether oxygens (including phenoxy) is 1. The van der Waals surface area contributed by atoms with Crippen LogP contribution in [-0.4, -0.2) is 23.5 Å². The van der Waals surface area contributed by atoms with Gasteiger partial charge in [0.2, 0.25) is 5.76 Å². The van der Waals surface area contributed by atoms with Crippen LogP contribution >= 0.6 is 11.6 Å². The van der Waals surface area contributed by atoms with Crippen LogP contribution in [0.5, 0.6) is 5.75 Å². The average molecular weight is 494 g/mol. The number of hydrazone groups is 1. The lowest BCUT2D eigenvalue weighted by Gasteiger charge is -2.11. The van der Waals surface area contributed by atoms with E-state index in [1.807, 2.05) is 10.7 Å². The lowest BCUT2D eigenvalue weighted by molar-refractivity contribution is -0.137. The Kier molecular flexibility index (Phi) is 7.37. The topological polar surface area (TPSA) is 110 Å². The van der Waals surface area contributed by atoms with Crippen LogP contribution in [0.25, 0.3) is 0 Å². The first kappa shape index (κ1) is 24.5. The number of furan rings is 1. The number of halogens is 4. The summed E-state index contributed by atoms with van der Waals surface area (Å²) in [4.78, 5) is 36.3. The van der Waals surface area contributed by atoms with Crippen molar-refractivity contribution in [3.8, 4) is 5.75 Å². The van der Waals surface area contributed by atoms with Crippen molar-refractivity contribution in [3.05, 3.63) is 82.8 Å². The number of carbonyl (C=O) groups is 3. The normalized spacial score (nSPS) is 11.6. The lowest BCUT2D eigenvalue weighted by atomic mass is 10.1. The Hall–Kier alpha value is -4.12. The molecule has 0 unspecified atom stereocenters. The molecule has 34 heavy (non-hydrogen) atoms. The van der Waals surface area contributed by atoms with Crippen molar-refractivity contribution < 1.29 is 36.7 Å². The largest absolute Gasteiger partial charge is 0.457 e. The number of carbonyl (C=O) groups excluding carboxylic acids is 3. The molecule has 1 heterocycles. The third-order valence-corrected chi connectivity index (χ3v) is 4.60.